The lowest BCUT2D eigenvalue weighted by Crippen LogP contribution is -2.39. The van der Waals surface area contributed by atoms with E-state index in [9.17, 15) is 15.2 Å². The monoisotopic (exact) mass is 554 g/mol. The zero-order valence-electron chi connectivity index (χ0n) is 16.1. The van der Waals surface area contributed by atoms with Gasteiger partial charge in [-0.25, -0.2) is 0 Å². The number of hydrogen-bond acceptors (Lipinski definition) is 6. The van der Waals surface area contributed by atoms with Crippen LogP contribution in [-0.2, 0) is 6.54 Å². The van der Waals surface area contributed by atoms with Crippen LogP contribution in [0, 0.1) is 10.1 Å². The third kappa shape index (κ3) is 8.72. The summed E-state index contributed by atoms with van der Waals surface area (Å²) in [5.74, 6) is 1.12. The molecule has 0 aliphatic rings. The van der Waals surface area contributed by atoms with Gasteiger partial charge in [-0.2, -0.15) is 0 Å². The quantitative estimate of drug-likeness (QED) is 0.161. The van der Waals surface area contributed by atoms with Crippen molar-refractivity contribution in [2.75, 3.05) is 26.7 Å². The number of thiophene rings is 1. The first-order valence-electron chi connectivity index (χ1n) is 8.68. The molecule has 1 aromatic heterocycles. The number of nitro benzene ring substituents is 1. The van der Waals surface area contributed by atoms with E-state index in [0.717, 1.165) is 9.21 Å². The number of rotatable bonds is 9. The molecule has 0 spiro atoms. The van der Waals surface area contributed by atoms with Crippen molar-refractivity contribution in [3.63, 3.8) is 0 Å². The second-order valence-corrected chi connectivity index (χ2v) is 7.77. The van der Waals surface area contributed by atoms with Gasteiger partial charge in [0.05, 0.1) is 22.3 Å². The minimum absolute atomic E-state index is 0. The summed E-state index contributed by atoms with van der Waals surface area (Å²) in [5, 5.41) is 24.0. The van der Waals surface area contributed by atoms with Crippen LogP contribution in [0.15, 0.2) is 41.4 Å². The first kappa shape index (κ1) is 25.4. The molecule has 1 aromatic carbocycles. The van der Waals surface area contributed by atoms with Crippen molar-refractivity contribution in [3.05, 3.63) is 55.7 Å². The van der Waals surface area contributed by atoms with Crippen LogP contribution in [0.3, 0.4) is 0 Å². The fourth-order valence-corrected chi connectivity index (χ4v) is 3.46. The van der Waals surface area contributed by atoms with Gasteiger partial charge in [-0.15, -0.1) is 35.3 Å². The molecule has 0 saturated heterocycles. The molecule has 160 valence electrons. The third-order valence-corrected chi connectivity index (χ3v) is 4.88. The van der Waals surface area contributed by atoms with Crippen LogP contribution in [0.5, 0.6) is 5.75 Å². The first-order chi connectivity index (χ1) is 13.4. The van der Waals surface area contributed by atoms with E-state index in [1.54, 1.807) is 0 Å². The largest absolute Gasteiger partial charge is 0.491 e. The van der Waals surface area contributed by atoms with Crippen LogP contribution in [0.4, 0.5) is 5.69 Å². The second kappa shape index (κ2) is 12.8. The Kier molecular flexibility index (Phi) is 11.2. The molecule has 0 saturated carbocycles. The van der Waals surface area contributed by atoms with Crippen LogP contribution in [0.25, 0.3) is 0 Å². The fourth-order valence-electron chi connectivity index (χ4n) is 2.32. The van der Waals surface area contributed by atoms with Crippen molar-refractivity contribution >= 4 is 58.6 Å². The molecule has 1 heterocycles. The molecule has 2 N–H and O–H groups in total. The Morgan fingerprint density at radius 2 is 2.07 bits per heavy atom. The minimum atomic E-state index is -0.812. The molecule has 0 aliphatic heterocycles. The van der Waals surface area contributed by atoms with Gasteiger partial charge in [0.15, 0.2) is 5.96 Å². The van der Waals surface area contributed by atoms with Crippen LogP contribution in [-0.4, -0.2) is 53.7 Å². The highest BCUT2D eigenvalue weighted by atomic mass is 127. The van der Waals surface area contributed by atoms with Crippen molar-refractivity contribution in [1.29, 1.82) is 0 Å². The van der Waals surface area contributed by atoms with E-state index in [1.165, 1.54) is 35.6 Å². The summed E-state index contributed by atoms with van der Waals surface area (Å²) in [5.41, 5.74) is -0.0113. The Balaban J connectivity index is 0.00000420. The van der Waals surface area contributed by atoms with Crippen LogP contribution >= 0.6 is 46.9 Å². The van der Waals surface area contributed by atoms with Gasteiger partial charge in [-0.05, 0) is 31.2 Å². The lowest BCUT2D eigenvalue weighted by atomic mass is 10.3. The maximum Gasteiger partial charge on any atom is 0.269 e. The molecule has 8 nitrogen and oxygen atoms in total. The number of aliphatic imine (C=N–C) groups is 1. The van der Waals surface area contributed by atoms with E-state index in [-0.39, 0.29) is 42.8 Å². The highest BCUT2D eigenvalue weighted by molar-refractivity contribution is 14.0. The summed E-state index contributed by atoms with van der Waals surface area (Å²) in [6, 6.07) is 9.54. The summed E-state index contributed by atoms with van der Waals surface area (Å²) < 4.78 is 6.20. The normalized spacial score (nSPS) is 12.1. The topological polar surface area (TPSA) is 100 Å². The summed E-state index contributed by atoms with van der Waals surface area (Å²) in [4.78, 5) is 17.7. The van der Waals surface area contributed by atoms with E-state index in [0.29, 0.717) is 24.8 Å². The number of nitrogens with one attached hydrogen (secondary N) is 1. The third-order valence-electron chi connectivity index (χ3n) is 3.66. The van der Waals surface area contributed by atoms with E-state index >= 15 is 0 Å². The number of non-ortho nitro benzene ring substituents is 1. The lowest BCUT2D eigenvalue weighted by Gasteiger charge is -2.22. The molecule has 2 aromatic rings. The standard InChI is InChI=1S/C18H23ClN4O4S.HI/c1-3-20-18(22(2)11-16-8-9-17(19)28-16)21-10-14(24)12-27-15-6-4-13(5-7-15)23(25)26;/h4-9,14,24H,3,10-12H2,1-2H3,(H,20,21);1H. The van der Waals surface area contributed by atoms with Gasteiger partial charge < -0.3 is 20.1 Å². The minimum Gasteiger partial charge on any atom is -0.491 e. The zero-order valence-corrected chi connectivity index (χ0v) is 20.0. The Labute approximate surface area is 195 Å². The van der Waals surface area contributed by atoms with Gasteiger partial charge in [-0.1, -0.05) is 11.6 Å². The SMILES string of the molecule is CCNC(=NCC(O)COc1ccc([N+](=O)[O-])cc1)N(C)Cc1ccc(Cl)s1.I. The summed E-state index contributed by atoms with van der Waals surface area (Å²) in [6.45, 7) is 3.51. The van der Waals surface area contributed by atoms with E-state index < -0.39 is 11.0 Å². The fraction of sp³-hybridized carbons (Fsp3) is 0.389. The number of ether oxygens (including phenoxy) is 1. The molecule has 0 bridgehead atoms. The van der Waals surface area contributed by atoms with Crippen LogP contribution in [0.2, 0.25) is 4.34 Å². The molecule has 29 heavy (non-hydrogen) atoms. The van der Waals surface area contributed by atoms with Gasteiger partial charge in [-0.3, -0.25) is 15.1 Å². The number of guanidine groups is 1. The summed E-state index contributed by atoms with van der Waals surface area (Å²) >= 11 is 7.48. The Bertz CT molecular complexity index is 803. The molecule has 0 radical (unpaired) electrons. The number of nitrogens with zero attached hydrogens (tertiary/aromatic N) is 3. The number of benzene rings is 1. The molecular formula is C18H24ClIN4O4S. The van der Waals surface area contributed by atoms with E-state index in [4.69, 9.17) is 16.3 Å². The molecule has 2 rings (SSSR count). The lowest BCUT2D eigenvalue weighted by molar-refractivity contribution is -0.384. The molecule has 1 unspecified atom stereocenters. The first-order valence-corrected chi connectivity index (χ1v) is 9.87. The van der Waals surface area contributed by atoms with Crippen molar-refractivity contribution in [2.45, 2.75) is 19.6 Å². The highest BCUT2D eigenvalue weighted by Crippen LogP contribution is 2.22. The predicted molar refractivity (Wildman–Crippen MR) is 127 cm³/mol. The number of aliphatic hydroxyl groups is 1. The maximum absolute atomic E-state index is 10.6. The highest BCUT2D eigenvalue weighted by Gasteiger charge is 2.11. The van der Waals surface area contributed by atoms with Gasteiger partial charge >= 0.3 is 0 Å². The van der Waals surface area contributed by atoms with Gasteiger partial charge in [0.1, 0.15) is 18.5 Å². The molecule has 0 fully saturated rings. The molecule has 11 heteroatoms. The molecule has 0 aliphatic carbocycles. The van der Waals surface area contributed by atoms with E-state index in [1.807, 2.05) is 31.0 Å². The Morgan fingerprint density at radius 1 is 1.38 bits per heavy atom. The Hall–Kier alpha value is -1.63. The van der Waals surface area contributed by atoms with Crippen LogP contribution in [0.1, 0.15) is 11.8 Å². The number of nitro groups is 1. The van der Waals surface area contributed by atoms with Gasteiger partial charge in [0, 0.05) is 30.6 Å². The average Bonchev–Trinajstić information content (AvgIpc) is 3.08. The second-order valence-electron chi connectivity index (χ2n) is 5.97. The predicted octanol–water partition coefficient (Wildman–Crippen LogP) is 3.76. The summed E-state index contributed by atoms with van der Waals surface area (Å²) in [6.07, 6.45) is -0.812. The molecular weight excluding hydrogens is 531 g/mol. The van der Waals surface area contributed by atoms with Crippen molar-refractivity contribution in [1.82, 2.24) is 10.2 Å². The molecule has 0 amide bonds. The zero-order chi connectivity index (χ0) is 20.5. The smallest absolute Gasteiger partial charge is 0.269 e. The average molecular weight is 555 g/mol. The Morgan fingerprint density at radius 3 is 2.62 bits per heavy atom. The number of halogens is 2. The van der Waals surface area contributed by atoms with Crippen molar-refractivity contribution in [3.8, 4) is 5.75 Å². The van der Waals surface area contributed by atoms with Crippen molar-refractivity contribution in [2.24, 2.45) is 4.99 Å². The van der Waals surface area contributed by atoms with Crippen molar-refractivity contribution < 1.29 is 14.8 Å². The summed E-state index contributed by atoms with van der Waals surface area (Å²) in [7, 11) is 1.91. The van der Waals surface area contributed by atoms with Gasteiger partial charge in [0.2, 0.25) is 0 Å². The number of aliphatic hydroxyl groups excluding tert-OH is 1. The van der Waals surface area contributed by atoms with E-state index in [2.05, 4.69) is 10.3 Å². The number of hydrogen-bond donors (Lipinski definition) is 2. The van der Waals surface area contributed by atoms with Crippen LogP contribution < -0.4 is 10.1 Å². The van der Waals surface area contributed by atoms with Gasteiger partial charge in [0.25, 0.3) is 5.69 Å². The maximum atomic E-state index is 10.6. The molecule has 1 atom stereocenters.